The second-order valence-electron chi connectivity index (χ2n) is 6.41. The van der Waals surface area contributed by atoms with Crippen molar-refractivity contribution >= 4 is 12.0 Å². The molecular formula is C15H26N2O4. The summed E-state index contributed by atoms with van der Waals surface area (Å²) in [7, 11) is 0. The van der Waals surface area contributed by atoms with Crippen LogP contribution in [0, 0.1) is 5.92 Å². The fourth-order valence-corrected chi connectivity index (χ4v) is 3.15. The number of amides is 2. The highest BCUT2D eigenvalue weighted by atomic mass is 16.5. The van der Waals surface area contributed by atoms with Gasteiger partial charge < -0.3 is 19.6 Å². The molecule has 1 saturated carbocycles. The summed E-state index contributed by atoms with van der Waals surface area (Å²) in [6.45, 7) is 5.87. The van der Waals surface area contributed by atoms with Gasteiger partial charge in [0.1, 0.15) is 0 Å². The SMILES string of the molecule is CC(C)CN(C(=O)N1CCOC(C(=O)O)C1)C1CCCC1. The third-order valence-corrected chi connectivity index (χ3v) is 4.19. The van der Waals surface area contributed by atoms with Crippen molar-refractivity contribution in [2.45, 2.75) is 51.7 Å². The minimum Gasteiger partial charge on any atom is -0.479 e. The molecule has 0 aromatic rings. The zero-order chi connectivity index (χ0) is 15.4. The van der Waals surface area contributed by atoms with Gasteiger partial charge in [-0.05, 0) is 18.8 Å². The van der Waals surface area contributed by atoms with E-state index in [0.717, 1.165) is 19.4 Å². The first kappa shape index (κ1) is 16.1. The number of morpholine rings is 1. The van der Waals surface area contributed by atoms with Crippen LogP contribution in [0.3, 0.4) is 0 Å². The highest BCUT2D eigenvalue weighted by molar-refractivity contribution is 5.77. The maximum Gasteiger partial charge on any atom is 0.334 e. The number of rotatable bonds is 4. The lowest BCUT2D eigenvalue weighted by atomic mass is 10.1. The van der Waals surface area contributed by atoms with Crippen molar-refractivity contribution in [2.75, 3.05) is 26.2 Å². The number of carbonyl (C=O) groups excluding carboxylic acids is 1. The van der Waals surface area contributed by atoms with E-state index in [-0.39, 0.29) is 12.6 Å². The van der Waals surface area contributed by atoms with Gasteiger partial charge in [-0.2, -0.15) is 0 Å². The Labute approximate surface area is 126 Å². The Balaban J connectivity index is 2.04. The molecule has 0 aromatic carbocycles. The average molecular weight is 298 g/mol. The van der Waals surface area contributed by atoms with Crippen LogP contribution < -0.4 is 0 Å². The fraction of sp³-hybridized carbons (Fsp3) is 0.867. The Bertz CT molecular complexity index is 380. The van der Waals surface area contributed by atoms with Crippen LogP contribution in [0.4, 0.5) is 4.79 Å². The van der Waals surface area contributed by atoms with Crippen LogP contribution in [0.5, 0.6) is 0 Å². The van der Waals surface area contributed by atoms with Gasteiger partial charge in [-0.25, -0.2) is 9.59 Å². The first-order valence-corrected chi connectivity index (χ1v) is 7.89. The first-order chi connectivity index (χ1) is 9.99. The third-order valence-electron chi connectivity index (χ3n) is 4.19. The van der Waals surface area contributed by atoms with Crippen molar-refractivity contribution in [3.05, 3.63) is 0 Å². The molecule has 120 valence electrons. The number of ether oxygens (including phenoxy) is 1. The van der Waals surface area contributed by atoms with Crippen LogP contribution in [0.1, 0.15) is 39.5 Å². The van der Waals surface area contributed by atoms with Crippen LogP contribution >= 0.6 is 0 Å². The first-order valence-electron chi connectivity index (χ1n) is 7.89. The van der Waals surface area contributed by atoms with Crippen LogP contribution in [-0.4, -0.2) is 65.3 Å². The van der Waals surface area contributed by atoms with Crippen molar-refractivity contribution in [1.29, 1.82) is 0 Å². The normalized spacial score (nSPS) is 23.6. The number of hydrogen-bond donors (Lipinski definition) is 1. The van der Waals surface area contributed by atoms with E-state index in [4.69, 9.17) is 9.84 Å². The Morgan fingerprint density at radius 3 is 2.57 bits per heavy atom. The van der Waals surface area contributed by atoms with Gasteiger partial charge in [0.15, 0.2) is 6.10 Å². The molecule has 0 bridgehead atoms. The van der Waals surface area contributed by atoms with Crippen molar-refractivity contribution in [1.82, 2.24) is 9.80 Å². The number of hydrogen-bond acceptors (Lipinski definition) is 3. The van der Waals surface area contributed by atoms with Gasteiger partial charge in [0.05, 0.1) is 13.2 Å². The lowest BCUT2D eigenvalue weighted by Gasteiger charge is -2.38. The molecule has 2 fully saturated rings. The smallest absolute Gasteiger partial charge is 0.334 e. The summed E-state index contributed by atoms with van der Waals surface area (Å²) < 4.78 is 5.19. The fourth-order valence-electron chi connectivity index (χ4n) is 3.15. The molecule has 2 aliphatic rings. The zero-order valence-electron chi connectivity index (χ0n) is 13.0. The molecule has 0 spiro atoms. The van der Waals surface area contributed by atoms with E-state index in [2.05, 4.69) is 13.8 Å². The molecule has 1 atom stereocenters. The lowest BCUT2D eigenvalue weighted by Crippen LogP contribution is -2.55. The van der Waals surface area contributed by atoms with Gasteiger partial charge in [0.2, 0.25) is 0 Å². The molecular weight excluding hydrogens is 272 g/mol. The molecule has 1 heterocycles. The topological polar surface area (TPSA) is 70.1 Å². The number of urea groups is 1. The van der Waals surface area contributed by atoms with E-state index in [0.29, 0.717) is 25.1 Å². The number of aliphatic carboxylic acids is 1. The quantitative estimate of drug-likeness (QED) is 0.859. The molecule has 0 radical (unpaired) electrons. The Morgan fingerprint density at radius 2 is 2.00 bits per heavy atom. The number of nitrogens with zero attached hydrogens (tertiary/aromatic N) is 2. The van der Waals surface area contributed by atoms with E-state index in [1.165, 1.54) is 12.8 Å². The predicted molar refractivity (Wildman–Crippen MR) is 78.1 cm³/mol. The molecule has 6 nitrogen and oxygen atoms in total. The summed E-state index contributed by atoms with van der Waals surface area (Å²) in [5, 5.41) is 9.06. The molecule has 1 unspecified atom stereocenters. The van der Waals surface area contributed by atoms with E-state index in [1.54, 1.807) is 4.90 Å². The van der Waals surface area contributed by atoms with Gasteiger partial charge in [-0.15, -0.1) is 0 Å². The predicted octanol–water partition coefficient (Wildman–Crippen LogP) is 1.79. The van der Waals surface area contributed by atoms with Gasteiger partial charge >= 0.3 is 12.0 Å². The Morgan fingerprint density at radius 1 is 1.33 bits per heavy atom. The van der Waals surface area contributed by atoms with Crippen molar-refractivity contribution in [2.24, 2.45) is 5.92 Å². The number of carbonyl (C=O) groups is 2. The second kappa shape index (κ2) is 7.11. The van der Waals surface area contributed by atoms with Crippen LogP contribution in [0.15, 0.2) is 0 Å². The second-order valence-corrected chi connectivity index (χ2v) is 6.41. The standard InChI is InChI=1S/C15H26N2O4/c1-11(2)9-17(12-5-3-4-6-12)15(20)16-7-8-21-13(10-16)14(18)19/h11-13H,3-10H2,1-2H3,(H,18,19). The molecule has 1 aliphatic heterocycles. The van der Waals surface area contributed by atoms with Gasteiger partial charge in [-0.1, -0.05) is 26.7 Å². The largest absolute Gasteiger partial charge is 0.479 e. The molecule has 1 saturated heterocycles. The third kappa shape index (κ3) is 4.09. The lowest BCUT2D eigenvalue weighted by molar-refractivity contribution is -0.154. The van der Waals surface area contributed by atoms with Crippen molar-refractivity contribution in [3.63, 3.8) is 0 Å². The highest BCUT2D eigenvalue weighted by Crippen LogP contribution is 2.25. The summed E-state index contributed by atoms with van der Waals surface area (Å²) in [5.74, 6) is -0.588. The summed E-state index contributed by atoms with van der Waals surface area (Å²) >= 11 is 0. The Hall–Kier alpha value is -1.30. The minimum atomic E-state index is -0.997. The maximum atomic E-state index is 12.8. The summed E-state index contributed by atoms with van der Waals surface area (Å²) in [6.07, 6.45) is 3.57. The summed E-state index contributed by atoms with van der Waals surface area (Å²) in [4.78, 5) is 27.4. The van der Waals surface area contributed by atoms with Crippen LogP contribution in [0.2, 0.25) is 0 Å². The number of carboxylic acids is 1. The number of carboxylic acid groups (broad SMARTS) is 1. The summed E-state index contributed by atoms with van der Waals surface area (Å²) in [6, 6.07) is 0.288. The maximum absolute atomic E-state index is 12.8. The van der Waals surface area contributed by atoms with Crippen molar-refractivity contribution in [3.8, 4) is 0 Å². The van der Waals surface area contributed by atoms with Crippen LogP contribution in [-0.2, 0) is 9.53 Å². The van der Waals surface area contributed by atoms with Gasteiger partial charge in [-0.3, -0.25) is 0 Å². The molecule has 2 amide bonds. The average Bonchev–Trinajstić information content (AvgIpc) is 2.98. The monoisotopic (exact) mass is 298 g/mol. The molecule has 0 aromatic heterocycles. The van der Waals surface area contributed by atoms with Crippen LogP contribution in [0.25, 0.3) is 0 Å². The molecule has 2 rings (SSSR count). The van der Waals surface area contributed by atoms with Gasteiger partial charge in [0.25, 0.3) is 0 Å². The Kier molecular flexibility index (Phi) is 5.45. The van der Waals surface area contributed by atoms with Crippen molar-refractivity contribution < 1.29 is 19.4 Å². The molecule has 1 aliphatic carbocycles. The van der Waals surface area contributed by atoms with E-state index >= 15 is 0 Å². The summed E-state index contributed by atoms with van der Waals surface area (Å²) in [5.41, 5.74) is 0. The zero-order valence-corrected chi connectivity index (χ0v) is 13.0. The highest BCUT2D eigenvalue weighted by Gasteiger charge is 2.34. The van der Waals surface area contributed by atoms with E-state index < -0.39 is 12.1 Å². The minimum absolute atomic E-state index is 0.0230. The van der Waals surface area contributed by atoms with E-state index in [1.807, 2.05) is 4.90 Å². The van der Waals surface area contributed by atoms with E-state index in [9.17, 15) is 9.59 Å². The molecule has 1 N–H and O–H groups in total. The molecule has 6 heteroatoms. The van der Waals surface area contributed by atoms with Gasteiger partial charge in [0, 0.05) is 19.1 Å². The molecule has 21 heavy (non-hydrogen) atoms.